The second-order valence-corrected chi connectivity index (χ2v) is 8.02. The number of benzene rings is 3. The zero-order chi connectivity index (χ0) is 22.2. The van der Waals surface area contributed by atoms with E-state index < -0.39 is 24.6 Å². The van der Waals surface area contributed by atoms with E-state index in [0.29, 0.717) is 19.8 Å². The van der Waals surface area contributed by atoms with Gasteiger partial charge in [-0.1, -0.05) is 91.0 Å². The van der Waals surface area contributed by atoms with Crippen molar-refractivity contribution >= 4 is 0 Å². The monoisotopic (exact) mass is 434 g/mol. The van der Waals surface area contributed by atoms with E-state index in [-0.39, 0.29) is 6.10 Å². The van der Waals surface area contributed by atoms with Gasteiger partial charge in [0.05, 0.1) is 25.9 Å². The van der Waals surface area contributed by atoms with E-state index in [1.165, 1.54) is 0 Å². The van der Waals surface area contributed by atoms with E-state index in [4.69, 9.17) is 18.9 Å². The van der Waals surface area contributed by atoms with Crippen molar-refractivity contribution < 1.29 is 24.1 Å². The third-order valence-electron chi connectivity index (χ3n) is 5.60. The van der Waals surface area contributed by atoms with Gasteiger partial charge in [-0.3, -0.25) is 0 Å². The fraction of sp³-hybridized carbons (Fsp3) is 0.333. The Hall–Kier alpha value is -2.54. The summed E-state index contributed by atoms with van der Waals surface area (Å²) in [6.45, 7) is 3.05. The highest BCUT2D eigenvalue weighted by molar-refractivity contribution is 5.15. The molecule has 0 aromatic heterocycles. The maximum atomic E-state index is 10.7. The van der Waals surface area contributed by atoms with E-state index in [1.54, 1.807) is 0 Å². The molecule has 0 spiro atoms. The van der Waals surface area contributed by atoms with Gasteiger partial charge in [0.25, 0.3) is 0 Å². The van der Waals surface area contributed by atoms with Crippen LogP contribution in [0.4, 0.5) is 0 Å². The molecule has 0 radical (unpaired) electrons. The summed E-state index contributed by atoms with van der Waals surface area (Å²) in [7, 11) is 0. The molecule has 5 unspecified atom stereocenters. The second kappa shape index (κ2) is 11.4. The number of hydrogen-bond acceptors (Lipinski definition) is 5. The number of rotatable bonds is 9. The molecule has 5 atom stereocenters. The molecule has 32 heavy (non-hydrogen) atoms. The maximum Gasteiger partial charge on any atom is 0.184 e. The highest BCUT2D eigenvalue weighted by Crippen LogP contribution is 2.29. The molecule has 0 amide bonds. The fourth-order valence-corrected chi connectivity index (χ4v) is 3.89. The lowest BCUT2D eigenvalue weighted by Gasteiger charge is -2.43. The molecule has 1 N–H and O–H groups in total. The zero-order valence-corrected chi connectivity index (χ0v) is 18.2. The predicted octanol–water partition coefficient (Wildman–Crippen LogP) is 4.48. The van der Waals surface area contributed by atoms with Crippen LogP contribution in [0, 0.1) is 0 Å². The SMILES string of the molecule is CC1OC(O)C(OCc2ccccc2)C(OCc2ccccc2)C1OCc1ccccc1. The quantitative estimate of drug-likeness (QED) is 0.538. The predicted molar refractivity (Wildman–Crippen MR) is 122 cm³/mol. The Kier molecular flexibility index (Phi) is 8.04. The lowest BCUT2D eigenvalue weighted by molar-refractivity contribution is -0.308. The lowest BCUT2D eigenvalue weighted by atomic mass is 9.98. The van der Waals surface area contributed by atoms with Crippen LogP contribution in [0.5, 0.6) is 0 Å². The lowest BCUT2D eigenvalue weighted by Crippen LogP contribution is -2.59. The first kappa shape index (κ1) is 22.6. The minimum atomic E-state index is -1.11. The molecule has 1 fully saturated rings. The average molecular weight is 435 g/mol. The smallest absolute Gasteiger partial charge is 0.184 e. The van der Waals surface area contributed by atoms with Gasteiger partial charge in [0, 0.05) is 0 Å². The number of aliphatic hydroxyl groups excluding tert-OH is 1. The van der Waals surface area contributed by atoms with Crippen LogP contribution in [0.2, 0.25) is 0 Å². The summed E-state index contributed by atoms with van der Waals surface area (Å²) in [5, 5.41) is 10.7. The molecule has 0 aliphatic carbocycles. The highest BCUT2D eigenvalue weighted by atomic mass is 16.7. The van der Waals surface area contributed by atoms with Gasteiger partial charge in [0.15, 0.2) is 6.29 Å². The Bertz CT molecular complexity index is 863. The van der Waals surface area contributed by atoms with Gasteiger partial charge in [-0.15, -0.1) is 0 Å². The molecule has 3 aromatic rings. The first-order valence-electron chi connectivity index (χ1n) is 11.0. The van der Waals surface area contributed by atoms with E-state index in [2.05, 4.69) is 0 Å². The summed E-state index contributed by atoms with van der Waals surface area (Å²) in [4.78, 5) is 0. The van der Waals surface area contributed by atoms with Crippen LogP contribution < -0.4 is 0 Å². The van der Waals surface area contributed by atoms with Crippen molar-refractivity contribution in [3.8, 4) is 0 Å². The van der Waals surface area contributed by atoms with Crippen LogP contribution >= 0.6 is 0 Å². The summed E-state index contributed by atoms with van der Waals surface area (Å²) < 4.78 is 24.5. The topological polar surface area (TPSA) is 57.2 Å². The van der Waals surface area contributed by atoms with E-state index >= 15 is 0 Å². The second-order valence-electron chi connectivity index (χ2n) is 8.02. The van der Waals surface area contributed by atoms with Gasteiger partial charge in [0.2, 0.25) is 0 Å². The van der Waals surface area contributed by atoms with Crippen LogP contribution in [-0.2, 0) is 38.8 Å². The molecule has 0 saturated carbocycles. The highest BCUT2D eigenvalue weighted by Gasteiger charge is 2.46. The Labute approximate surface area is 189 Å². The van der Waals surface area contributed by atoms with Crippen LogP contribution in [0.25, 0.3) is 0 Å². The zero-order valence-electron chi connectivity index (χ0n) is 18.2. The Balaban J connectivity index is 1.50. The molecule has 5 nitrogen and oxygen atoms in total. The average Bonchev–Trinajstić information content (AvgIpc) is 2.83. The van der Waals surface area contributed by atoms with Crippen LogP contribution in [-0.4, -0.2) is 35.8 Å². The van der Waals surface area contributed by atoms with Crippen molar-refractivity contribution in [1.29, 1.82) is 0 Å². The van der Waals surface area contributed by atoms with Crippen molar-refractivity contribution in [3.05, 3.63) is 108 Å². The Morgan fingerprint density at radius 2 is 0.969 bits per heavy atom. The molecule has 4 rings (SSSR count). The minimum Gasteiger partial charge on any atom is -0.368 e. The Morgan fingerprint density at radius 3 is 1.41 bits per heavy atom. The first-order chi connectivity index (χ1) is 15.7. The number of ether oxygens (including phenoxy) is 4. The van der Waals surface area contributed by atoms with Crippen LogP contribution in [0.3, 0.4) is 0 Å². The standard InChI is InChI=1S/C27H30O5/c1-20-24(29-17-21-11-5-2-6-12-21)25(30-18-22-13-7-3-8-14-22)26(27(28)32-20)31-19-23-15-9-4-10-16-23/h2-16,20,24-28H,17-19H2,1H3. The normalized spacial score (nSPS) is 25.5. The van der Waals surface area contributed by atoms with Crippen molar-refractivity contribution in [1.82, 2.24) is 0 Å². The van der Waals surface area contributed by atoms with E-state index in [1.807, 2.05) is 97.9 Å². The third-order valence-corrected chi connectivity index (χ3v) is 5.60. The van der Waals surface area contributed by atoms with E-state index in [0.717, 1.165) is 16.7 Å². The molecule has 0 bridgehead atoms. The largest absolute Gasteiger partial charge is 0.368 e. The van der Waals surface area contributed by atoms with Gasteiger partial charge < -0.3 is 24.1 Å². The Morgan fingerprint density at radius 1 is 0.594 bits per heavy atom. The molecule has 1 aliphatic heterocycles. The fourth-order valence-electron chi connectivity index (χ4n) is 3.89. The molecular weight excluding hydrogens is 404 g/mol. The summed E-state index contributed by atoms with van der Waals surface area (Å²) >= 11 is 0. The van der Waals surface area contributed by atoms with Crippen molar-refractivity contribution in [2.75, 3.05) is 0 Å². The molecule has 168 valence electrons. The molecule has 1 saturated heterocycles. The molecular formula is C27H30O5. The third kappa shape index (κ3) is 6.03. The van der Waals surface area contributed by atoms with Gasteiger partial charge in [-0.25, -0.2) is 0 Å². The molecule has 3 aromatic carbocycles. The van der Waals surface area contributed by atoms with Gasteiger partial charge in [-0.2, -0.15) is 0 Å². The molecule has 1 heterocycles. The number of aliphatic hydroxyl groups is 1. The van der Waals surface area contributed by atoms with Crippen molar-refractivity contribution in [3.63, 3.8) is 0 Å². The summed E-state index contributed by atoms with van der Waals surface area (Å²) in [5.74, 6) is 0. The van der Waals surface area contributed by atoms with Crippen LogP contribution in [0.1, 0.15) is 23.6 Å². The molecule has 1 aliphatic rings. The van der Waals surface area contributed by atoms with Crippen LogP contribution in [0.15, 0.2) is 91.0 Å². The van der Waals surface area contributed by atoms with Crippen molar-refractivity contribution in [2.45, 2.75) is 57.5 Å². The van der Waals surface area contributed by atoms with Crippen molar-refractivity contribution in [2.24, 2.45) is 0 Å². The minimum absolute atomic E-state index is 0.344. The maximum absolute atomic E-state index is 10.7. The molecule has 5 heteroatoms. The summed E-state index contributed by atoms with van der Waals surface area (Å²) in [5.41, 5.74) is 3.13. The van der Waals surface area contributed by atoms with Gasteiger partial charge in [0.1, 0.15) is 18.3 Å². The first-order valence-corrected chi connectivity index (χ1v) is 11.0. The van der Waals surface area contributed by atoms with Gasteiger partial charge >= 0.3 is 0 Å². The van der Waals surface area contributed by atoms with Gasteiger partial charge in [-0.05, 0) is 23.6 Å². The summed E-state index contributed by atoms with van der Waals surface area (Å²) in [6, 6.07) is 29.8. The summed E-state index contributed by atoms with van der Waals surface area (Å²) in [6.07, 6.45) is -3.04. The number of hydrogen-bond donors (Lipinski definition) is 1. The van der Waals surface area contributed by atoms with E-state index in [9.17, 15) is 5.11 Å².